The number of hydrogen-bond acceptors (Lipinski definition) is 4. The van der Waals surface area contributed by atoms with E-state index < -0.39 is 0 Å². The third-order valence-corrected chi connectivity index (χ3v) is 4.72. The van der Waals surface area contributed by atoms with Gasteiger partial charge in [0.1, 0.15) is 6.04 Å². The van der Waals surface area contributed by atoms with Gasteiger partial charge >= 0.3 is 0 Å². The highest BCUT2D eigenvalue weighted by atomic mass is 35.5. The molecule has 0 aliphatic carbocycles. The zero-order valence-electron chi connectivity index (χ0n) is 15.8. The normalized spacial score (nSPS) is 15.2. The molecule has 7 heteroatoms. The lowest BCUT2D eigenvalue weighted by molar-refractivity contribution is -0.133. The van der Waals surface area contributed by atoms with Crippen LogP contribution < -0.4 is 10.2 Å². The molecule has 148 valence electrons. The second-order valence-corrected chi connectivity index (χ2v) is 6.45. The number of hydrogen-bond donors (Lipinski definition) is 1. The molecule has 1 aliphatic rings. The first-order valence-corrected chi connectivity index (χ1v) is 8.87. The number of carbonyl (C=O) groups is 1. The fourth-order valence-corrected chi connectivity index (χ4v) is 3.38. The number of halogens is 2. The average Bonchev–Trinajstić information content (AvgIpc) is 2.89. The van der Waals surface area contributed by atoms with Gasteiger partial charge in [-0.05, 0) is 38.1 Å². The van der Waals surface area contributed by atoms with Gasteiger partial charge in [0.05, 0.1) is 0 Å². The summed E-state index contributed by atoms with van der Waals surface area (Å²) in [6.07, 6.45) is 2.82. The van der Waals surface area contributed by atoms with E-state index >= 15 is 0 Å². The SMILES string of the molecule is CNC(C(=O)N1CCCN(c2ccnc(C)c2)CC1)c1ccccc1.Cl.Cl. The van der Waals surface area contributed by atoms with Crippen LogP contribution >= 0.6 is 24.8 Å². The standard InChI is InChI=1S/C20H26N4O.2ClH/c1-16-15-18(9-10-22-16)23-11-6-12-24(14-13-23)20(25)19(21-2)17-7-4-3-5-8-17;;/h3-5,7-10,15,19,21H,6,11-14H2,1-2H3;2*1H. The van der Waals surface area contributed by atoms with Crippen molar-refractivity contribution in [3.8, 4) is 0 Å². The van der Waals surface area contributed by atoms with Crippen LogP contribution in [0.1, 0.15) is 23.7 Å². The number of amides is 1. The minimum atomic E-state index is -0.282. The minimum Gasteiger partial charge on any atom is -0.370 e. The van der Waals surface area contributed by atoms with Crippen molar-refractivity contribution in [2.75, 3.05) is 38.1 Å². The molecule has 3 rings (SSSR count). The Labute approximate surface area is 174 Å². The molecule has 1 fully saturated rings. The van der Waals surface area contributed by atoms with Crippen molar-refractivity contribution >= 4 is 36.4 Å². The Morgan fingerprint density at radius 1 is 1.07 bits per heavy atom. The minimum absolute atomic E-state index is 0. The Morgan fingerprint density at radius 2 is 1.81 bits per heavy atom. The molecule has 1 amide bonds. The number of carbonyl (C=O) groups excluding carboxylic acids is 1. The van der Waals surface area contributed by atoms with Crippen LogP contribution in [0.4, 0.5) is 5.69 Å². The molecule has 2 aromatic rings. The molecule has 0 radical (unpaired) electrons. The molecule has 1 saturated heterocycles. The molecule has 0 saturated carbocycles. The molecule has 27 heavy (non-hydrogen) atoms. The van der Waals surface area contributed by atoms with Crippen molar-refractivity contribution in [2.45, 2.75) is 19.4 Å². The number of likely N-dealkylation sites (N-methyl/N-ethyl adjacent to an activating group) is 1. The van der Waals surface area contributed by atoms with Crippen molar-refractivity contribution in [2.24, 2.45) is 0 Å². The van der Waals surface area contributed by atoms with Crippen LogP contribution in [-0.2, 0) is 4.79 Å². The molecule has 1 aliphatic heterocycles. The number of nitrogens with zero attached hydrogens (tertiary/aromatic N) is 3. The predicted octanol–water partition coefficient (Wildman–Crippen LogP) is 3.23. The summed E-state index contributed by atoms with van der Waals surface area (Å²) >= 11 is 0. The summed E-state index contributed by atoms with van der Waals surface area (Å²) in [5, 5.41) is 3.17. The van der Waals surface area contributed by atoms with E-state index in [2.05, 4.69) is 21.3 Å². The van der Waals surface area contributed by atoms with Crippen molar-refractivity contribution in [1.82, 2.24) is 15.2 Å². The van der Waals surface area contributed by atoms with Gasteiger partial charge in [0.25, 0.3) is 0 Å². The Hall–Kier alpha value is -1.82. The topological polar surface area (TPSA) is 48.5 Å². The van der Waals surface area contributed by atoms with Crippen LogP contribution in [0.25, 0.3) is 0 Å². The monoisotopic (exact) mass is 410 g/mol. The van der Waals surface area contributed by atoms with Gasteiger partial charge in [-0.1, -0.05) is 30.3 Å². The van der Waals surface area contributed by atoms with E-state index in [0.717, 1.165) is 43.9 Å². The van der Waals surface area contributed by atoms with Crippen LogP contribution in [0.15, 0.2) is 48.7 Å². The van der Waals surface area contributed by atoms with Crippen molar-refractivity contribution in [3.63, 3.8) is 0 Å². The summed E-state index contributed by atoms with van der Waals surface area (Å²) in [6.45, 7) is 5.35. The smallest absolute Gasteiger partial charge is 0.244 e. The number of rotatable bonds is 4. The highest BCUT2D eigenvalue weighted by molar-refractivity contribution is 5.85. The number of aryl methyl sites for hydroxylation is 1. The lowest BCUT2D eigenvalue weighted by Crippen LogP contribution is -2.41. The number of benzene rings is 1. The maximum absolute atomic E-state index is 13.0. The quantitative estimate of drug-likeness (QED) is 0.840. The predicted molar refractivity (Wildman–Crippen MR) is 115 cm³/mol. The average molecular weight is 411 g/mol. The summed E-state index contributed by atoms with van der Waals surface area (Å²) in [5.41, 5.74) is 3.23. The maximum Gasteiger partial charge on any atom is 0.244 e. The third kappa shape index (κ3) is 5.83. The highest BCUT2D eigenvalue weighted by Gasteiger charge is 2.26. The summed E-state index contributed by atoms with van der Waals surface area (Å²) in [5.74, 6) is 0.154. The number of pyridine rings is 1. The Morgan fingerprint density at radius 3 is 2.48 bits per heavy atom. The summed E-state index contributed by atoms with van der Waals surface area (Å²) in [6, 6.07) is 13.8. The third-order valence-electron chi connectivity index (χ3n) is 4.72. The van der Waals surface area contributed by atoms with Crippen molar-refractivity contribution < 1.29 is 4.79 Å². The van der Waals surface area contributed by atoms with Crippen LogP contribution in [-0.4, -0.2) is 49.0 Å². The Kier molecular flexibility index (Phi) is 9.56. The number of anilines is 1. The maximum atomic E-state index is 13.0. The van der Waals surface area contributed by atoms with E-state index in [9.17, 15) is 4.79 Å². The van der Waals surface area contributed by atoms with Crippen molar-refractivity contribution in [1.29, 1.82) is 0 Å². The van der Waals surface area contributed by atoms with E-state index in [4.69, 9.17) is 0 Å². The first kappa shape index (κ1) is 23.2. The van der Waals surface area contributed by atoms with E-state index in [1.54, 1.807) is 0 Å². The number of nitrogens with one attached hydrogen (secondary N) is 1. The summed E-state index contributed by atoms with van der Waals surface area (Å²) in [4.78, 5) is 21.6. The summed E-state index contributed by atoms with van der Waals surface area (Å²) in [7, 11) is 1.85. The fourth-order valence-electron chi connectivity index (χ4n) is 3.38. The van der Waals surface area contributed by atoms with Crippen molar-refractivity contribution in [3.05, 3.63) is 59.9 Å². The Balaban J connectivity index is 0.00000182. The molecule has 5 nitrogen and oxygen atoms in total. The van der Waals surface area contributed by atoms with Gasteiger partial charge in [-0.15, -0.1) is 24.8 Å². The second kappa shape index (κ2) is 11.1. The molecule has 1 atom stereocenters. The van der Waals surface area contributed by atoms with Crippen LogP contribution in [0.5, 0.6) is 0 Å². The van der Waals surface area contributed by atoms with E-state index in [0.29, 0.717) is 0 Å². The lowest BCUT2D eigenvalue weighted by atomic mass is 10.1. The fraction of sp³-hybridized carbons (Fsp3) is 0.400. The van der Waals surface area contributed by atoms with Gasteiger partial charge in [0.2, 0.25) is 5.91 Å². The van der Waals surface area contributed by atoms with Crippen LogP contribution in [0.2, 0.25) is 0 Å². The molecular formula is C20H28Cl2N4O. The van der Waals surface area contributed by atoms with Gasteiger partial charge in [0, 0.05) is 43.8 Å². The molecule has 1 aromatic carbocycles. The first-order valence-electron chi connectivity index (χ1n) is 8.87. The van der Waals surface area contributed by atoms with Gasteiger partial charge < -0.3 is 15.1 Å². The molecule has 1 unspecified atom stereocenters. The van der Waals surface area contributed by atoms with Crippen LogP contribution in [0.3, 0.4) is 0 Å². The second-order valence-electron chi connectivity index (χ2n) is 6.45. The molecule has 0 bridgehead atoms. The molecule has 1 aromatic heterocycles. The molecular weight excluding hydrogens is 383 g/mol. The van der Waals surface area contributed by atoms with E-state index in [1.165, 1.54) is 5.69 Å². The number of aromatic nitrogens is 1. The van der Waals surface area contributed by atoms with Gasteiger partial charge in [-0.2, -0.15) is 0 Å². The van der Waals surface area contributed by atoms with Gasteiger partial charge in [0.15, 0.2) is 0 Å². The molecule has 0 spiro atoms. The zero-order valence-corrected chi connectivity index (χ0v) is 17.4. The van der Waals surface area contributed by atoms with Gasteiger partial charge in [-0.25, -0.2) is 0 Å². The molecule has 2 heterocycles. The summed E-state index contributed by atoms with van der Waals surface area (Å²) < 4.78 is 0. The Bertz CT molecular complexity index is 714. The van der Waals surface area contributed by atoms with E-state index in [-0.39, 0.29) is 36.8 Å². The highest BCUT2D eigenvalue weighted by Crippen LogP contribution is 2.20. The first-order chi connectivity index (χ1) is 12.2. The van der Waals surface area contributed by atoms with Crippen LogP contribution in [0, 0.1) is 6.92 Å². The van der Waals surface area contributed by atoms with Gasteiger partial charge in [-0.3, -0.25) is 9.78 Å². The zero-order chi connectivity index (χ0) is 17.6. The molecule has 1 N–H and O–H groups in total. The largest absolute Gasteiger partial charge is 0.370 e. The lowest BCUT2D eigenvalue weighted by Gasteiger charge is -2.27. The van der Waals surface area contributed by atoms with E-state index in [1.807, 2.05) is 61.5 Å².